The summed E-state index contributed by atoms with van der Waals surface area (Å²) in [4.78, 5) is 15.0. The minimum atomic E-state index is -3.34. The predicted molar refractivity (Wildman–Crippen MR) is 126 cm³/mol. The Balaban J connectivity index is 1.24. The van der Waals surface area contributed by atoms with Crippen LogP contribution in [0.3, 0.4) is 0 Å². The van der Waals surface area contributed by atoms with Crippen LogP contribution in [-0.2, 0) is 33.1 Å². The maximum atomic E-state index is 13.1. The number of sulfonamides is 1. The van der Waals surface area contributed by atoms with E-state index in [0.717, 1.165) is 36.9 Å². The van der Waals surface area contributed by atoms with Gasteiger partial charge in [0.2, 0.25) is 15.9 Å². The maximum Gasteiger partial charge on any atom is 0.239 e. The molecule has 2 aromatic rings. The van der Waals surface area contributed by atoms with Gasteiger partial charge in [-0.1, -0.05) is 42.5 Å². The van der Waals surface area contributed by atoms with Crippen LogP contribution in [0.4, 0.5) is 5.69 Å². The first-order chi connectivity index (χ1) is 15.3. The number of nitrogens with two attached hydrogens (primary N) is 1. The summed E-state index contributed by atoms with van der Waals surface area (Å²) in [6, 6.07) is 15.8. The molecule has 1 saturated heterocycles. The van der Waals surface area contributed by atoms with Gasteiger partial charge in [-0.25, -0.2) is 8.42 Å². The molecule has 1 atom stereocenters. The van der Waals surface area contributed by atoms with Gasteiger partial charge < -0.3 is 10.6 Å². The normalized spacial score (nSPS) is 20.9. The van der Waals surface area contributed by atoms with E-state index < -0.39 is 16.1 Å². The summed E-state index contributed by atoms with van der Waals surface area (Å²) in [7, 11) is -3.34. The highest BCUT2D eigenvalue weighted by atomic mass is 32.2. The lowest BCUT2D eigenvalue weighted by atomic mass is 9.74. The van der Waals surface area contributed by atoms with Crippen molar-refractivity contribution in [1.82, 2.24) is 4.90 Å². The molecule has 32 heavy (non-hydrogen) atoms. The Morgan fingerprint density at radius 1 is 1.06 bits per heavy atom. The first-order valence-corrected chi connectivity index (χ1v) is 13.3. The van der Waals surface area contributed by atoms with Gasteiger partial charge in [-0.3, -0.25) is 9.10 Å². The second kappa shape index (κ2) is 7.89. The number of hydrogen-bond acceptors (Lipinski definition) is 4. The van der Waals surface area contributed by atoms with E-state index in [2.05, 4.69) is 24.3 Å². The second-order valence-electron chi connectivity index (χ2n) is 9.78. The van der Waals surface area contributed by atoms with Crippen molar-refractivity contribution in [1.29, 1.82) is 0 Å². The molecule has 2 heterocycles. The zero-order valence-electron chi connectivity index (χ0n) is 18.5. The molecule has 170 valence electrons. The Morgan fingerprint density at radius 3 is 2.28 bits per heavy atom. The molecular weight excluding hydrogens is 422 g/mol. The van der Waals surface area contributed by atoms with Gasteiger partial charge in [0.15, 0.2) is 0 Å². The van der Waals surface area contributed by atoms with E-state index in [4.69, 9.17) is 5.73 Å². The number of hydrogen-bond donors (Lipinski definition) is 1. The molecule has 0 bridgehead atoms. The van der Waals surface area contributed by atoms with Crippen molar-refractivity contribution in [2.45, 2.75) is 43.6 Å². The number of fused-ring (bicyclic) bond motifs is 3. The lowest BCUT2D eigenvalue weighted by Gasteiger charge is -2.40. The fourth-order valence-electron chi connectivity index (χ4n) is 5.97. The van der Waals surface area contributed by atoms with Crippen molar-refractivity contribution in [3.05, 3.63) is 65.2 Å². The summed E-state index contributed by atoms with van der Waals surface area (Å²) >= 11 is 0. The lowest BCUT2D eigenvalue weighted by molar-refractivity contribution is -0.134. The number of carbonyl (C=O) groups is 1. The average molecular weight is 454 g/mol. The van der Waals surface area contributed by atoms with Gasteiger partial charge in [0.05, 0.1) is 18.0 Å². The molecule has 1 spiro atoms. The van der Waals surface area contributed by atoms with Crippen LogP contribution in [0.2, 0.25) is 0 Å². The number of benzene rings is 2. The third kappa shape index (κ3) is 3.71. The molecule has 1 amide bonds. The number of amides is 1. The SMILES string of the molecule is CS(=O)(=O)N1CC2(CCN(C(=O)C(N)CC3Cc4ccccc4C3)CC2)c2ccccc21. The fraction of sp³-hybridized carbons (Fsp3) is 0.480. The summed E-state index contributed by atoms with van der Waals surface area (Å²) in [5.41, 5.74) is 10.8. The largest absolute Gasteiger partial charge is 0.341 e. The van der Waals surface area contributed by atoms with E-state index in [1.54, 1.807) is 0 Å². The van der Waals surface area contributed by atoms with Gasteiger partial charge in [-0.2, -0.15) is 0 Å². The van der Waals surface area contributed by atoms with E-state index in [-0.39, 0.29) is 11.3 Å². The van der Waals surface area contributed by atoms with E-state index in [0.29, 0.717) is 32.0 Å². The van der Waals surface area contributed by atoms with Crippen LogP contribution in [0.25, 0.3) is 0 Å². The van der Waals surface area contributed by atoms with Crippen molar-refractivity contribution in [2.24, 2.45) is 11.7 Å². The van der Waals surface area contributed by atoms with Crippen molar-refractivity contribution < 1.29 is 13.2 Å². The summed E-state index contributed by atoms with van der Waals surface area (Å²) in [5.74, 6) is 0.453. The van der Waals surface area contributed by atoms with Gasteiger partial charge in [0.25, 0.3) is 0 Å². The van der Waals surface area contributed by atoms with E-state index in [9.17, 15) is 13.2 Å². The molecule has 7 heteroatoms. The van der Waals surface area contributed by atoms with E-state index in [1.807, 2.05) is 29.2 Å². The van der Waals surface area contributed by atoms with Crippen LogP contribution in [-0.4, -0.2) is 51.2 Å². The minimum absolute atomic E-state index is 0.0297. The number of rotatable bonds is 4. The monoisotopic (exact) mass is 453 g/mol. The van der Waals surface area contributed by atoms with Gasteiger partial charge in [-0.05, 0) is 60.8 Å². The molecule has 2 N–H and O–H groups in total. The summed E-state index contributed by atoms with van der Waals surface area (Å²) < 4.78 is 26.3. The molecule has 2 aromatic carbocycles. The molecule has 5 rings (SSSR count). The molecule has 1 unspecified atom stereocenters. The maximum absolute atomic E-state index is 13.1. The predicted octanol–water partition coefficient (Wildman–Crippen LogP) is 2.46. The molecular formula is C25H31N3O3S. The van der Waals surface area contributed by atoms with Crippen LogP contribution in [0, 0.1) is 5.92 Å². The summed E-state index contributed by atoms with van der Waals surface area (Å²) in [6.07, 6.45) is 5.48. The van der Waals surface area contributed by atoms with Crippen molar-refractivity contribution >= 4 is 21.6 Å². The topological polar surface area (TPSA) is 83.7 Å². The quantitative estimate of drug-likeness (QED) is 0.771. The second-order valence-corrected chi connectivity index (χ2v) is 11.7. The standard InChI is InChI=1S/C25H31N3O3S/c1-32(30,31)28-17-25(21-8-4-5-9-23(21)28)10-12-27(13-11-25)24(29)22(26)16-18-14-19-6-2-3-7-20(19)15-18/h2-9,18,22H,10-17,26H2,1H3. The highest BCUT2D eigenvalue weighted by Gasteiger charge is 2.47. The number of para-hydroxylation sites is 1. The summed E-state index contributed by atoms with van der Waals surface area (Å²) in [6.45, 7) is 1.69. The number of nitrogens with zero attached hydrogens (tertiary/aromatic N) is 2. The van der Waals surface area contributed by atoms with Crippen molar-refractivity contribution in [2.75, 3.05) is 30.2 Å². The highest BCUT2D eigenvalue weighted by molar-refractivity contribution is 7.92. The first kappa shape index (κ1) is 21.5. The molecule has 1 aliphatic carbocycles. The van der Waals surface area contributed by atoms with Gasteiger partial charge in [0, 0.05) is 25.0 Å². The van der Waals surface area contributed by atoms with Crippen LogP contribution in [0.15, 0.2) is 48.5 Å². The Kier molecular flexibility index (Phi) is 5.29. The lowest BCUT2D eigenvalue weighted by Crippen LogP contribution is -2.52. The molecule has 0 radical (unpaired) electrons. The smallest absolute Gasteiger partial charge is 0.239 e. The number of anilines is 1. The first-order valence-electron chi connectivity index (χ1n) is 11.5. The zero-order valence-corrected chi connectivity index (χ0v) is 19.4. The highest BCUT2D eigenvalue weighted by Crippen LogP contribution is 2.47. The van der Waals surface area contributed by atoms with E-state index >= 15 is 0 Å². The van der Waals surface area contributed by atoms with Crippen LogP contribution in [0.1, 0.15) is 36.0 Å². The third-order valence-corrected chi connectivity index (χ3v) is 8.79. The Bertz CT molecular complexity index is 1110. The fourth-order valence-corrected chi connectivity index (χ4v) is 6.97. The molecule has 0 aromatic heterocycles. The molecule has 6 nitrogen and oxygen atoms in total. The molecule has 1 fully saturated rings. The number of likely N-dealkylation sites (tertiary alicyclic amines) is 1. The van der Waals surface area contributed by atoms with E-state index in [1.165, 1.54) is 21.7 Å². The summed E-state index contributed by atoms with van der Waals surface area (Å²) in [5, 5.41) is 0. The number of piperidine rings is 1. The third-order valence-electron chi connectivity index (χ3n) is 7.66. The van der Waals surface area contributed by atoms with Crippen LogP contribution >= 0.6 is 0 Å². The van der Waals surface area contributed by atoms with Gasteiger partial charge in [-0.15, -0.1) is 0 Å². The average Bonchev–Trinajstić information content (AvgIpc) is 3.33. The van der Waals surface area contributed by atoms with Gasteiger partial charge in [0.1, 0.15) is 0 Å². The van der Waals surface area contributed by atoms with Crippen molar-refractivity contribution in [3.8, 4) is 0 Å². The van der Waals surface area contributed by atoms with Gasteiger partial charge >= 0.3 is 0 Å². The molecule has 3 aliphatic rings. The number of carbonyl (C=O) groups excluding carboxylic acids is 1. The van der Waals surface area contributed by atoms with Crippen LogP contribution in [0.5, 0.6) is 0 Å². The van der Waals surface area contributed by atoms with Crippen LogP contribution < -0.4 is 10.0 Å². The Labute approximate surface area is 190 Å². The zero-order chi connectivity index (χ0) is 22.5. The molecule has 2 aliphatic heterocycles. The minimum Gasteiger partial charge on any atom is -0.341 e. The Morgan fingerprint density at radius 2 is 1.66 bits per heavy atom. The molecule has 0 saturated carbocycles. The van der Waals surface area contributed by atoms with Crippen molar-refractivity contribution in [3.63, 3.8) is 0 Å². The Hall–Kier alpha value is -2.38.